The van der Waals surface area contributed by atoms with Gasteiger partial charge in [-0.1, -0.05) is 0 Å². The van der Waals surface area contributed by atoms with Crippen LogP contribution in [-0.2, 0) is 14.8 Å². The van der Waals surface area contributed by atoms with Gasteiger partial charge in [-0.3, -0.25) is 4.79 Å². The van der Waals surface area contributed by atoms with Crippen molar-refractivity contribution in [1.82, 2.24) is 14.5 Å². The number of piperidine rings is 1. The highest BCUT2D eigenvalue weighted by molar-refractivity contribution is 7.88. The van der Waals surface area contributed by atoms with Gasteiger partial charge in [0.2, 0.25) is 15.9 Å². The fraction of sp³-hybridized carbons (Fsp3) is 0.933. The van der Waals surface area contributed by atoms with Gasteiger partial charge in [-0.15, -0.1) is 0 Å². The van der Waals surface area contributed by atoms with Crippen LogP contribution in [0.15, 0.2) is 0 Å². The molecular weight excluding hydrogens is 302 g/mol. The quantitative estimate of drug-likeness (QED) is 0.776. The number of likely N-dealkylation sites (tertiary alicyclic amines) is 1. The molecule has 0 aliphatic carbocycles. The minimum atomic E-state index is -3.12. The van der Waals surface area contributed by atoms with E-state index in [0.29, 0.717) is 38.5 Å². The third-order valence-electron chi connectivity index (χ3n) is 4.92. The molecule has 2 fully saturated rings. The fourth-order valence-corrected chi connectivity index (χ4v) is 4.24. The van der Waals surface area contributed by atoms with Gasteiger partial charge in [0, 0.05) is 31.6 Å². The van der Waals surface area contributed by atoms with Crippen LogP contribution in [0.4, 0.5) is 0 Å². The number of rotatable bonds is 6. The SMILES string of the molecule is C[C@H](CCNC(=O)C1CCN(S(C)(=O)=O)CC1)N1CCCC1. The third-order valence-corrected chi connectivity index (χ3v) is 6.22. The predicted molar refractivity (Wildman–Crippen MR) is 87.0 cm³/mol. The van der Waals surface area contributed by atoms with E-state index in [1.54, 1.807) is 0 Å². The van der Waals surface area contributed by atoms with Crippen LogP contribution in [0.3, 0.4) is 0 Å². The van der Waals surface area contributed by atoms with Crippen molar-refractivity contribution < 1.29 is 13.2 Å². The summed E-state index contributed by atoms with van der Waals surface area (Å²) in [6.07, 6.45) is 6.04. The molecule has 0 unspecified atom stereocenters. The molecule has 7 heteroatoms. The van der Waals surface area contributed by atoms with Crippen LogP contribution < -0.4 is 5.32 Å². The van der Waals surface area contributed by atoms with Crippen LogP contribution in [0.1, 0.15) is 39.0 Å². The Morgan fingerprint density at radius 2 is 1.77 bits per heavy atom. The molecule has 1 N–H and O–H groups in total. The Labute approximate surface area is 134 Å². The lowest BCUT2D eigenvalue weighted by atomic mass is 9.97. The van der Waals surface area contributed by atoms with Gasteiger partial charge < -0.3 is 10.2 Å². The Morgan fingerprint density at radius 1 is 1.18 bits per heavy atom. The molecule has 0 saturated carbocycles. The summed E-state index contributed by atoms with van der Waals surface area (Å²) in [6, 6.07) is 0.523. The molecule has 1 atom stereocenters. The van der Waals surface area contributed by atoms with Crippen molar-refractivity contribution in [3.63, 3.8) is 0 Å². The molecule has 2 saturated heterocycles. The number of carbonyl (C=O) groups is 1. The largest absolute Gasteiger partial charge is 0.356 e. The number of hydrogen-bond acceptors (Lipinski definition) is 4. The van der Waals surface area contributed by atoms with Crippen LogP contribution in [0.25, 0.3) is 0 Å². The number of hydrogen-bond donors (Lipinski definition) is 1. The summed E-state index contributed by atoms with van der Waals surface area (Å²) in [5, 5.41) is 3.03. The zero-order chi connectivity index (χ0) is 16.2. The van der Waals surface area contributed by atoms with E-state index in [0.717, 1.165) is 6.42 Å². The van der Waals surface area contributed by atoms with E-state index in [-0.39, 0.29) is 11.8 Å². The van der Waals surface area contributed by atoms with Gasteiger partial charge in [0.05, 0.1) is 6.26 Å². The van der Waals surface area contributed by atoms with Gasteiger partial charge in [0.15, 0.2) is 0 Å². The van der Waals surface area contributed by atoms with Crippen molar-refractivity contribution in [2.75, 3.05) is 39.0 Å². The van der Waals surface area contributed by atoms with E-state index in [2.05, 4.69) is 17.1 Å². The molecule has 128 valence electrons. The third kappa shape index (κ3) is 4.93. The molecule has 0 aromatic heterocycles. The van der Waals surface area contributed by atoms with Crippen LogP contribution in [0.5, 0.6) is 0 Å². The molecule has 0 radical (unpaired) electrons. The summed E-state index contributed by atoms with van der Waals surface area (Å²) in [4.78, 5) is 14.6. The maximum Gasteiger partial charge on any atom is 0.223 e. The highest BCUT2D eigenvalue weighted by atomic mass is 32.2. The molecular formula is C15H29N3O3S. The van der Waals surface area contributed by atoms with Gasteiger partial charge in [0.25, 0.3) is 0 Å². The first-order valence-corrected chi connectivity index (χ1v) is 10.2. The lowest BCUT2D eigenvalue weighted by molar-refractivity contribution is -0.126. The lowest BCUT2D eigenvalue weighted by Crippen LogP contribution is -2.43. The van der Waals surface area contributed by atoms with Crippen molar-refractivity contribution in [2.24, 2.45) is 5.92 Å². The molecule has 2 aliphatic heterocycles. The number of amides is 1. The maximum atomic E-state index is 12.2. The van der Waals surface area contributed by atoms with Crippen molar-refractivity contribution >= 4 is 15.9 Å². The molecule has 0 spiro atoms. The van der Waals surface area contributed by atoms with E-state index in [1.165, 1.54) is 36.5 Å². The number of sulfonamides is 1. The molecule has 0 aromatic carbocycles. The summed E-state index contributed by atoms with van der Waals surface area (Å²) in [7, 11) is -3.12. The summed E-state index contributed by atoms with van der Waals surface area (Å²) >= 11 is 0. The Morgan fingerprint density at radius 3 is 2.32 bits per heavy atom. The summed E-state index contributed by atoms with van der Waals surface area (Å²) in [6.45, 7) is 6.21. The van der Waals surface area contributed by atoms with E-state index < -0.39 is 10.0 Å². The van der Waals surface area contributed by atoms with Gasteiger partial charge in [-0.05, 0) is 52.1 Å². The predicted octanol–water partition coefficient (Wildman–Crippen LogP) is 0.649. The normalized spacial score (nSPS) is 23.5. The average molecular weight is 331 g/mol. The van der Waals surface area contributed by atoms with Gasteiger partial charge >= 0.3 is 0 Å². The van der Waals surface area contributed by atoms with Gasteiger partial charge in [0.1, 0.15) is 0 Å². The zero-order valence-electron chi connectivity index (χ0n) is 13.8. The average Bonchev–Trinajstić information content (AvgIpc) is 3.00. The van der Waals surface area contributed by atoms with Crippen molar-refractivity contribution in [1.29, 1.82) is 0 Å². The second kappa shape index (κ2) is 7.75. The first kappa shape index (κ1) is 17.7. The molecule has 0 bridgehead atoms. The summed E-state index contributed by atoms with van der Waals surface area (Å²) in [5.74, 6) is 0.0434. The van der Waals surface area contributed by atoms with Gasteiger partial charge in [-0.2, -0.15) is 0 Å². The fourth-order valence-electron chi connectivity index (χ4n) is 3.36. The summed E-state index contributed by atoms with van der Waals surface area (Å²) < 4.78 is 24.4. The second-order valence-electron chi connectivity index (χ2n) is 6.61. The molecule has 6 nitrogen and oxygen atoms in total. The Kier molecular flexibility index (Phi) is 6.23. The highest BCUT2D eigenvalue weighted by Gasteiger charge is 2.28. The molecule has 0 aromatic rings. The minimum absolute atomic E-state index is 0.0416. The zero-order valence-corrected chi connectivity index (χ0v) is 14.6. The molecule has 2 aliphatic rings. The molecule has 1 amide bonds. The first-order chi connectivity index (χ1) is 10.4. The smallest absolute Gasteiger partial charge is 0.223 e. The lowest BCUT2D eigenvalue weighted by Gasteiger charge is -2.29. The van der Waals surface area contributed by atoms with E-state index in [9.17, 15) is 13.2 Å². The topological polar surface area (TPSA) is 69.7 Å². The van der Waals surface area contributed by atoms with Crippen LogP contribution in [0, 0.1) is 5.92 Å². The highest BCUT2D eigenvalue weighted by Crippen LogP contribution is 2.19. The molecule has 2 heterocycles. The number of nitrogens with zero attached hydrogens (tertiary/aromatic N) is 2. The van der Waals surface area contributed by atoms with E-state index in [1.807, 2.05) is 0 Å². The minimum Gasteiger partial charge on any atom is -0.356 e. The van der Waals surface area contributed by atoms with Gasteiger partial charge in [-0.25, -0.2) is 12.7 Å². The van der Waals surface area contributed by atoms with E-state index in [4.69, 9.17) is 0 Å². The van der Waals surface area contributed by atoms with Crippen LogP contribution in [0.2, 0.25) is 0 Å². The first-order valence-electron chi connectivity index (χ1n) is 8.35. The van der Waals surface area contributed by atoms with Crippen LogP contribution in [-0.4, -0.2) is 68.6 Å². The Balaban J connectivity index is 1.66. The van der Waals surface area contributed by atoms with Crippen molar-refractivity contribution in [3.05, 3.63) is 0 Å². The Bertz CT molecular complexity index is 466. The number of nitrogens with one attached hydrogen (secondary N) is 1. The standard InChI is InChI=1S/C15H29N3O3S/c1-13(17-9-3-4-10-17)5-8-16-15(19)14-6-11-18(12-7-14)22(2,20)21/h13-14H,3-12H2,1-2H3,(H,16,19)/t13-/m1/s1. The van der Waals surface area contributed by atoms with Crippen molar-refractivity contribution in [2.45, 2.75) is 45.1 Å². The Hall–Kier alpha value is -0.660. The molecule has 2 rings (SSSR count). The monoisotopic (exact) mass is 331 g/mol. The maximum absolute atomic E-state index is 12.2. The number of carbonyl (C=O) groups excluding carboxylic acids is 1. The molecule has 22 heavy (non-hydrogen) atoms. The second-order valence-corrected chi connectivity index (χ2v) is 8.59. The van der Waals surface area contributed by atoms with Crippen LogP contribution >= 0.6 is 0 Å². The van der Waals surface area contributed by atoms with E-state index >= 15 is 0 Å². The summed E-state index contributed by atoms with van der Waals surface area (Å²) in [5.41, 5.74) is 0. The van der Waals surface area contributed by atoms with Crippen molar-refractivity contribution in [3.8, 4) is 0 Å².